The lowest BCUT2D eigenvalue weighted by Gasteiger charge is -2.27. The molecule has 0 aliphatic carbocycles. The van der Waals surface area contributed by atoms with Gasteiger partial charge in [0.25, 0.3) is 0 Å². The Kier molecular flexibility index (Phi) is 6.03. The van der Waals surface area contributed by atoms with Crippen LogP contribution in [0.1, 0.15) is 32.3 Å². The fourth-order valence-electron chi connectivity index (χ4n) is 2.06. The number of amides is 1. The number of carbonyl (C=O) groups is 1. The third-order valence-electron chi connectivity index (χ3n) is 3.48. The molecular weight excluding hydrogens is 254 g/mol. The second-order valence-corrected chi connectivity index (χ2v) is 4.94. The van der Waals surface area contributed by atoms with Crippen LogP contribution in [0, 0.1) is 5.92 Å². The normalized spacial score (nSPS) is 14.7. The van der Waals surface area contributed by atoms with Crippen LogP contribution in [0.25, 0.3) is 0 Å². The van der Waals surface area contributed by atoms with Crippen molar-refractivity contribution < 1.29 is 10.0 Å². The number of likely N-dealkylation sites (N-methyl/N-ethyl adjacent to an activating group) is 1. The van der Waals surface area contributed by atoms with Gasteiger partial charge in [-0.25, -0.2) is 0 Å². The first-order valence-corrected chi connectivity index (χ1v) is 6.82. The zero-order valence-electron chi connectivity index (χ0n) is 12.3. The second kappa shape index (κ2) is 7.53. The third-order valence-corrected chi connectivity index (χ3v) is 3.48. The summed E-state index contributed by atoms with van der Waals surface area (Å²) >= 11 is 0. The fraction of sp³-hybridized carbons (Fsp3) is 0.467. The topological polar surface area (TPSA) is 78.9 Å². The van der Waals surface area contributed by atoms with Crippen molar-refractivity contribution in [1.29, 1.82) is 0 Å². The van der Waals surface area contributed by atoms with Crippen molar-refractivity contribution >= 4 is 11.7 Å². The van der Waals surface area contributed by atoms with Crippen LogP contribution in [-0.4, -0.2) is 34.9 Å². The maximum Gasteiger partial charge on any atom is 0.229 e. The standard InChI is InChI=1S/C15H23N3O2/c1-4-18(10-11(2)14(16)17-20)15(19)12(3)13-8-6-5-7-9-13/h5-9,11-12,20H,4,10H2,1-3H3,(H2,16,17). The molecule has 1 aromatic rings. The molecule has 0 heterocycles. The van der Waals surface area contributed by atoms with E-state index in [4.69, 9.17) is 10.9 Å². The number of hydrogen-bond donors (Lipinski definition) is 2. The van der Waals surface area contributed by atoms with Gasteiger partial charge in [-0.1, -0.05) is 42.4 Å². The molecule has 2 atom stereocenters. The summed E-state index contributed by atoms with van der Waals surface area (Å²) in [5.74, 6) is -0.178. The smallest absolute Gasteiger partial charge is 0.229 e. The summed E-state index contributed by atoms with van der Waals surface area (Å²) in [6.07, 6.45) is 0. The van der Waals surface area contributed by atoms with Gasteiger partial charge in [0, 0.05) is 19.0 Å². The van der Waals surface area contributed by atoms with Crippen LogP contribution in [0.2, 0.25) is 0 Å². The molecule has 0 spiro atoms. The van der Waals surface area contributed by atoms with Crippen molar-refractivity contribution in [1.82, 2.24) is 4.90 Å². The van der Waals surface area contributed by atoms with E-state index in [0.717, 1.165) is 5.56 Å². The largest absolute Gasteiger partial charge is 0.409 e. The highest BCUT2D eigenvalue weighted by Crippen LogP contribution is 2.18. The van der Waals surface area contributed by atoms with Crippen molar-refractivity contribution in [2.75, 3.05) is 13.1 Å². The highest BCUT2D eigenvalue weighted by Gasteiger charge is 2.23. The van der Waals surface area contributed by atoms with E-state index in [1.165, 1.54) is 0 Å². The van der Waals surface area contributed by atoms with Crippen molar-refractivity contribution in [2.24, 2.45) is 16.8 Å². The summed E-state index contributed by atoms with van der Waals surface area (Å²) in [6, 6.07) is 9.67. The molecule has 110 valence electrons. The van der Waals surface area contributed by atoms with E-state index >= 15 is 0 Å². The molecular formula is C15H23N3O2. The monoisotopic (exact) mass is 277 g/mol. The van der Waals surface area contributed by atoms with Gasteiger partial charge in [0.15, 0.2) is 0 Å². The van der Waals surface area contributed by atoms with Crippen LogP contribution in [0.3, 0.4) is 0 Å². The highest BCUT2D eigenvalue weighted by atomic mass is 16.4. The number of hydrogen-bond acceptors (Lipinski definition) is 3. The lowest BCUT2D eigenvalue weighted by atomic mass is 9.99. The molecule has 1 amide bonds. The highest BCUT2D eigenvalue weighted by molar-refractivity contribution is 5.85. The Morgan fingerprint density at radius 3 is 2.45 bits per heavy atom. The molecule has 3 N–H and O–H groups in total. The Morgan fingerprint density at radius 1 is 1.35 bits per heavy atom. The summed E-state index contributed by atoms with van der Waals surface area (Å²) in [6.45, 7) is 6.70. The average Bonchev–Trinajstić information content (AvgIpc) is 2.50. The molecule has 0 bridgehead atoms. The fourth-order valence-corrected chi connectivity index (χ4v) is 2.06. The summed E-state index contributed by atoms with van der Waals surface area (Å²) in [4.78, 5) is 14.2. The molecule has 20 heavy (non-hydrogen) atoms. The first kappa shape index (κ1) is 16.0. The van der Waals surface area contributed by atoms with Crippen LogP contribution in [0.5, 0.6) is 0 Å². The molecule has 0 aliphatic rings. The van der Waals surface area contributed by atoms with E-state index in [-0.39, 0.29) is 23.6 Å². The van der Waals surface area contributed by atoms with Crippen LogP contribution in [0.15, 0.2) is 35.5 Å². The van der Waals surface area contributed by atoms with Gasteiger partial charge >= 0.3 is 0 Å². The molecule has 1 aromatic carbocycles. The lowest BCUT2D eigenvalue weighted by Crippen LogP contribution is -2.40. The predicted octanol–water partition coefficient (Wildman–Crippen LogP) is 2.02. The maximum atomic E-state index is 12.5. The molecule has 5 nitrogen and oxygen atoms in total. The maximum absolute atomic E-state index is 12.5. The number of nitrogens with zero attached hydrogens (tertiary/aromatic N) is 2. The number of nitrogens with two attached hydrogens (primary N) is 1. The predicted molar refractivity (Wildman–Crippen MR) is 79.7 cm³/mol. The van der Waals surface area contributed by atoms with Gasteiger partial charge in [0.2, 0.25) is 5.91 Å². The molecule has 1 rings (SSSR count). The molecule has 0 saturated heterocycles. The lowest BCUT2D eigenvalue weighted by molar-refractivity contribution is -0.132. The zero-order chi connectivity index (χ0) is 15.1. The van der Waals surface area contributed by atoms with Crippen molar-refractivity contribution in [3.05, 3.63) is 35.9 Å². The van der Waals surface area contributed by atoms with Crippen molar-refractivity contribution in [3.63, 3.8) is 0 Å². The Hall–Kier alpha value is -2.04. The molecule has 0 saturated carbocycles. The average molecular weight is 277 g/mol. The van der Waals surface area contributed by atoms with E-state index in [0.29, 0.717) is 13.1 Å². The second-order valence-electron chi connectivity index (χ2n) is 4.94. The Balaban J connectivity index is 2.77. The SMILES string of the molecule is CCN(CC(C)/C(N)=N/O)C(=O)C(C)c1ccccc1. The molecule has 2 unspecified atom stereocenters. The number of amidine groups is 1. The number of benzene rings is 1. The van der Waals surface area contributed by atoms with Gasteiger partial charge in [-0.3, -0.25) is 4.79 Å². The molecule has 0 radical (unpaired) electrons. The van der Waals surface area contributed by atoms with Gasteiger partial charge in [-0.05, 0) is 19.4 Å². The van der Waals surface area contributed by atoms with E-state index in [1.54, 1.807) is 4.90 Å². The van der Waals surface area contributed by atoms with E-state index in [1.807, 2.05) is 51.1 Å². The summed E-state index contributed by atoms with van der Waals surface area (Å²) in [5, 5.41) is 11.7. The Labute approximate surface area is 120 Å². The zero-order valence-corrected chi connectivity index (χ0v) is 12.3. The van der Waals surface area contributed by atoms with Crippen molar-refractivity contribution in [3.8, 4) is 0 Å². The minimum Gasteiger partial charge on any atom is -0.409 e. The first-order chi connectivity index (χ1) is 9.51. The molecule has 0 aliphatic heterocycles. The van der Waals surface area contributed by atoms with E-state index in [9.17, 15) is 4.79 Å². The van der Waals surface area contributed by atoms with E-state index < -0.39 is 0 Å². The quantitative estimate of drug-likeness (QED) is 0.361. The van der Waals surface area contributed by atoms with E-state index in [2.05, 4.69) is 5.16 Å². The van der Waals surface area contributed by atoms with Gasteiger partial charge in [0.1, 0.15) is 5.84 Å². The Morgan fingerprint density at radius 2 is 1.95 bits per heavy atom. The molecule has 5 heteroatoms. The minimum atomic E-state index is -0.198. The van der Waals surface area contributed by atoms with Crippen LogP contribution in [0.4, 0.5) is 0 Å². The van der Waals surface area contributed by atoms with Crippen LogP contribution >= 0.6 is 0 Å². The van der Waals surface area contributed by atoms with Crippen LogP contribution < -0.4 is 5.73 Å². The minimum absolute atomic E-state index is 0.0521. The van der Waals surface area contributed by atoms with Gasteiger partial charge in [-0.2, -0.15) is 0 Å². The van der Waals surface area contributed by atoms with Crippen LogP contribution in [-0.2, 0) is 4.79 Å². The number of oxime groups is 1. The molecule has 0 aromatic heterocycles. The summed E-state index contributed by atoms with van der Waals surface area (Å²) < 4.78 is 0. The van der Waals surface area contributed by atoms with Gasteiger partial charge in [0.05, 0.1) is 5.92 Å². The van der Waals surface area contributed by atoms with Gasteiger partial charge in [-0.15, -0.1) is 0 Å². The number of carbonyl (C=O) groups excluding carboxylic acids is 1. The summed E-state index contributed by atoms with van der Waals surface area (Å²) in [7, 11) is 0. The first-order valence-electron chi connectivity index (χ1n) is 6.82. The Bertz CT molecular complexity index is 459. The summed E-state index contributed by atoms with van der Waals surface area (Å²) in [5.41, 5.74) is 6.56. The third kappa shape index (κ3) is 3.98. The van der Waals surface area contributed by atoms with Gasteiger partial charge < -0.3 is 15.8 Å². The number of rotatable bonds is 6. The van der Waals surface area contributed by atoms with Crippen molar-refractivity contribution in [2.45, 2.75) is 26.7 Å². The molecule has 0 fully saturated rings.